The van der Waals surface area contributed by atoms with Crippen molar-refractivity contribution in [3.05, 3.63) is 35.1 Å². The van der Waals surface area contributed by atoms with Crippen LogP contribution in [0, 0.1) is 23.6 Å². The lowest BCUT2D eigenvalue weighted by molar-refractivity contribution is 0.0948. The normalized spacial score (nSPS) is 19.9. The highest BCUT2D eigenvalue weighted by Crippen LogP contribution is 2.33. The summed E-state index contributed by atoms with van der Waals surface area (Å²) in [4.78, 5) is 11.9. The van der Waals surface area contributed by atoms with Crippen LogP contribution in [-0.2, 0) is 0 Å². The fourth-order valence-electron chi connectivity index (χ4n) is 2.10. The SMILES string of the molecule is CCC1CC1NC(=O)c1ccc(C#CCCO)c(F)c1. The van der Waals surface area contributed by atoms with Crippen molar-refractivity contribution < 1.29 is 14.3 Å². The summed E-state index contributed by atoms with van der Waals surface area (Å²) < 4.78 is 13.8. The number of carbonyl (C=O) groups excluding carboxylic acids is 1. The van der Waals surface area contributed by atoms with Crippen LogP contribution < -0.4 is 5.32 Å². The van der Waals surface area contributed by atoms with Crippen LogP contribution in [-0.4, -0.2) is 23.7 Å². The molecule has 1 aromatic rings. The minimum Gasteiger partial charge on any atom is -0.395 e. The van der Waals surface area contributed by atoms with Crippen LogP contribution in [0.3, 0.4) is 0 Å². The van der Waals surface area contributed by atoms with Gasteiger partial charge in [0, 0.05) is 18.0 Å². The molecule has 1 amide bonds. The van der Waals surface area contributed by atoms with Crippen LogP contribution in [0.15, 0.2) is 18.2 Å². The molecule has 0 radical (unpaired) electrons. The summed E-state index contributed by atoms with van der Waals surface area (Å²) in [6.45, 7) is 2.05. The topological polar surface area (TPSA) is 49.3 Å². The van der Waals surface area contributed by atoms with Crippen molar-refractivity contribution in [2.75, 3.05) is 6.61 Å². The molecule has 2 atom stereocenters. The summed E-state index contributed by atoms with van der Waals surface area (Å²) in [7, 11) is 0. The van der Waals surface area contributed by atoms with Crippen molar-refractivity contribution >= 4 is 5.91 Å². The Morgan fingerprint density at radius 2 is 2.35 bits per heavy atom. The molecule has 4 heteroatoms. The summed E-state index contributed by atoms with van der Waals surface area (Å²) in [5.41, 5.74) is 0.560. The Labute approximate surface area is 118 Å². The minimum absolute atomic E-state index is 0.0465. The van der Waals surface area contributed by atoms with E-state index in [2.05, 4.69) is 24.1 Å². The average molecular weight is 275 g/mol. The van der Waals surface area contributed by atoms with Crippen molar-refractivity contribution in [1.82, 2.24) is 5.32 Å². The number of benzene rings is 1. The molecular weight excluding hydrogens is 257 g/mol. The number of rotatable bonds is 4. The number of halogens is 1. The number of amides is 1. The maximum atomic E-state index is 13.8. The molecule has 1 aliphatic rings. The molecule has 0 saturated heterocycles. The van der Waals surface area contributed by atoms with Crippen molar-refractivity contribution in [1.29, 1.82) is 0 Å². The number of aliphatic hydroxyl groups is 1. The van der Waals surface area contributed by atoms with Crippen LogP contribution in [0.25, 0.3) is 0 Å². The van der Waals surface area contributed by atoms with Gasteiger partial charge in [-0.2, -0.15) is 0 Å². The van der Waals surface area contributed by atoms with Gasteiger partial charge in [0.25, 0.3) is 5.91 Å². The van der Waals surface area contributed by atoms with Gasteiger partial charge in [0.05, 0.1) is 12.2 Å². The molecule has 3 nitrogen and oxygen atoms in total. The fourth-order valence-corrected chi connectivity index (χ4v) is 2.10. The van der Waals surface area contributed by atoms with Gasteiger partial charge in [-0.25, -0.2) is 4.39 Å². The highest BCUT2D eigenvalue weighted by molar-refractivity contribution is 5.94. The maximum absolute atomic E-state index is 13.8. The van der Waals surface area contributed by atoms with Gasteiger partial charge in [-0.3, -0.25) is 4.79 Å². The first-order valence-corrected chi connectivity index (χ1v) is 6.85. The van der Waals surface area contributed by atoms with Crippen LogP contribution in [0.2, 0.25) is 0 Å². The highest BCUT2D eigenvalue weighted by atomic mass is 19.1. The molecule has 1 aromatic carbocycles. The van der Waals surface area contributed by atoms with E-state index < -0.39 is 5.82 Å². The van der Waals surface area contributed by atoms with Crippen LogP contribution in [0.4, 0.5) is 4.39 Å². The Balaban J connectivity index is 2.01. The zero-order valence-corrected chi connectivity index (χ0v) is 11.4. The average Bonchev–Trinajstić information content (AvgIpc) is 3.19. The molecule has 20 heavy (non-hydrogen) atoms. The quantitative estimate of drug-likeness (QED) is 0.827. The first-order chi connectivity index (χ1) is 9.65. The molecule has 0 spiro atoms. The van der Waals surface area contributed by atoms with E-state index in [1.54, 1.807) is 6.07 Å². The van der Waals surface area contributed by atoms with Crippen LogP contribution in [0.5, 0.6) is 0 Å². The van der Waals surface area contributed by atoms with E-state index in [1.165, 1.54) is 12.1 Å². The second-order valence-corrected chi connectivity index (χ2v) is 4.95. The van der Waals surface area contributed by atoms with E-state index >= 15 is 0 Å². The highest BCUT2D eigenvalue weighted by Gasteiger charge is 2.36. The van der Waals surface area contributed by atoms with E-state index in [0.29, 0.717) is 17.9 Å². The van der Waals surface area contributed by atoms with Gasteiger partial charge >= 0.3 is 0 Å². The van der Waals surface area contributed by atoms with E-state index in [0.717, 1.165) is 12.8 Å². The number of hydrogen-bond acceptors (Lipinski definition) is 2. The zero-order valence-electron chi connectivity index (χ0n) is 11.4. The maximum Gasteiger partial charge on any atom is 0.251 e. The van der Waals surface area contributed by atoms with Gasteiger partial charge in [0.2, 0.25) is 0 Å². The zero-order chi connectivity index (χ0) is 14.5. The Kier molecular flexibility index (Phi) is 4.75. The van der Waals surface area contributed by atoms with Crippen LogP contribution in [0.1, 0.15) is 42.1 Å². The minimum atomic E-state index is -0.508. The molecule has 0 bridgehead atoms. The van der Waals surface area contributed by atoms with Gasteiger partial charge in [0.1, 0.15) is 5.82 Å². The summed E-state index contributed by atoms with van der Waals surface area (Å²) in [6, 6.07) is 4.52. The molecule has 2 rings (SSSR count). The lowest BCUT2D eigenvalue weighted by atomic mass is 10.1. The third-order valence-corrected chi connectivity index (χ3v) is 3.45. The molecule has 106 valence electrons. The largest absolute Gasteiger partial charge is 0.395 e. The van der Waals surface area contributed by atoms with Gasteiger partial charge in [-0.05, 0) is 30.5 Å². The summed E-state index contributed by atoms with van der Waals surface area (Å²) in [6.07, 6.45) is 2.37. The Hall–Kier alpha value is -1.86. The molecule has 1 saturated carbocycles. The lowest BCUT2D eigenvalue weighted by Gasteiger charge is -2.05. The second kappa shape index (κ2) is 6.53. The smallest absolute Gasteiger partial charge is 0.251 e. The molecule has 2 unspecified atom stereocenters. The van der Waals surface area contributed by atoms with Crippen molar-refractivity contribution in [3.63, 3.8) is 0 Å². The van der Waals surface area contributed by atoms with Gasteiger partial charge in [-0.1, -0.05) is 25.2 Å². The van der Waals surface area contributed by atoms with Gasteiger partial charge in [0.15, 0.2) is 0 Å². The molecule has 0 aliphatic heterocycles. The third kappa shape index (κ3) is 3.58. The van der Waals surface area contributed by atoms with Crippen LogP contribution >= 0.6 is 0 Å². The molecule has 2 N–H and O–H groups in total. The first-order valence-electron chi connectivity index (χ1n) is 6.85. The Morgan fingerprint density at radius 1 is 1.55 bits per heavy atom. The third-order valence-electron chi connectivity index (χ3n) is 3.45. The number of carbonyl (C=O) groups is 1. The Bertz CT molecular complexity index is 559. The van der Waals surface area contributed by atoms with E-state index in [4.69, 9.17) is 5.11 Å². The number of hydrogen-bond donors (Lipinski definition) is 2. The van der Waals surface area contributed by atoms with Crippen molar-refractivity contribution in [2.24, 2.45) is 5.92 Å². The van der Waals surface area contributed by atoms with Crippen molar-refractivity contribution in [3.8, 4) is 11.8 Å². The van der Waals surface area contributed by atoms with E-state index in [1.807, 2.05) is 0 Å². The number of aliphatic hydroxyl groups excluding tert-OH is 1. The summed E-state index contributed by atoms with van der Waals surface area (Å²) in [5.74, 6) is 5.11. The molecular formula is C16H18FNO2. The standard InChI is InChI=1S/C16H18FNO2/c1-2-11-10-15(11)18-16(20)13-7-6-12(14(17)9-13)5-3-4-8-19/h6-7,9,11,15,19H,2,4,8,10H2,1H3,(H,18,20). The first kappa shape index (κ1) is 14.5. The predicted octanol–water partition coefficient (Wildman–Crippen LogP) is 2.09. The van der Waals surface area contributed by atoms with Gasteiger partial charge < -0.3 is 10.4 Å². The fraction of sp³-hybridized carbons (Fsp3) is 0.438. The summed E-state index contributed by atoms with van der Waals surface area (Å²) >= 11 is 0. The van der Waals surface area contributed by atoms with E-state index in [9.17, 15) is 9.18 Å². The lowest BCUT2D eigenvalue weighted by Crippen LogP contribution is -2.26. The van der Waals surface area contributed by atoms with Gasteiger partial charge in [-0.15, -0.1) is 0 Å². The monoisotopic (exact) mass is 275 g/mol. The molecule has 0 aromatic heterocycles. The van der Waals surface area contributed by atoms with Crippen molar-refractivity contribution in [2.45, 2.75) is 32.2 Å². The number of nitrogens with one attached hydrogen (secondary N) is 1. The summed E-state index contributed by atoms with van der Waals surface area (Å²) in [5, 5.41) is 11.5. The second-order valence-electron chi connectivity index (χ2n) is 4.95. The predicted molar refractivity (Wildman–Crippen MR) is 74.6 cm³/mol. The molecule has 0 heterocycles. The van der Waals surface area contributed by atoms with E-state index in [-0.39, 0.29) is 24.1 Å². The molecule has 1 aliphatic carbocycles. The molecule has 1 fully saturated rings. The Morgan fingerprint density at radius 3 is 2.95 bits per heavy atom.